The highest BCUT2D eigenvalue weighted by molar-refractivity contribution is 6.30. The van der Waals surface area contributed by atoms with Crippen LogP contribution in [0, 0.1) is 5.82 Å². The Hall–Kier alpha value is -2.86. The van der Waals surface area contributed by atoms with Crippen LogP contribution in [0.3, 0.4) is 0 Å². The molecule has 1 amide bonds. The Bertz CT molecular complexity index is 806. The predicted molar refractivity (Wildman–Crippen MR) is 97.6 cm³/mol. The number of benzene rings is 2. The number of halogens is 2. The number of anilines is 1. The first kappa shape index (κ1) is 19.5. The van der Waals surface area contributed by atoms with E-state index in [4.69, 9.17) is 21.1 Å². The minimum Gasteiger partial charge on any atom is -0.494 e. The SMILES string of the molecule is CCOc1ccc(/C=C/C(=O)OCC(=O)Nc2ccc(Cl)cc2F)cc1. The van der Waals surface area contributed by atoms with E-state index in [0.29, 0.717) is 6.61 Å². The van der Waals surface area contributed by atoms with Crippen LogP contribution in [0.5, 0.6) is 5.75 Å². The monoisotopic (exact) mass is 377 g/mol. The van der Waals surface area contributed by atoms with Crippen molar-refractivity contribution in [1.29, 1.82) is 0 Å². The van der Waals surface area contributed by atoms with Crippen LogP contribution in [0.4, 0.5) is 10.1 Å². The molecular weight excluding hydrogens is 361 g/mol. The lowest BCUT2D eigenvalue weighted by Gasteiger charge is -2.06. The minimum atomic E-state index is -0.689. The van der Waals surface area contributed by atoms with E-state index in [1.54, 1.807) is 30.3 Å². The molecule has 0 saturated heterocycles. The van der Waals surface area contributed by atoms with Gasteiger partial charge < -0.3 is 14.8 Å². The fourth-order valence-corrected chi connectivity index (χ4v) is 2.13. The van der Waals surface area contributed by atoms with E-state index in [1.807, 2.05) is 6.92 Å². The Balaban J connectivity index is 1.81. The molecule has 136 valence electrons. The van der Waals surface area contributed by atoms with Gasteiger partial charge in [0, 0.05) is 11.1 Å². The summed E-state index contributed by atoms with van der Waals surface area (Å²) < 4.78 is 23.7. The summed E-state index contributed by atoms with van der Waals surface area (Å²) in [7, 11) is 0. The summed E-state index contributed by atoms with van der Waals surface area (Å²) in [6.07, 6.45) is 2.75. The molecule has 0 bridgehead atoms. The maximum atomic E-state index is 13.6. The molecule has 0 aliphatic carbocycles. The molecule has 0 aliphatic rings. The van der Waals surface area contributed by atoms with Crippen LogP contribution in [-0.4, -0.2) is 25.1 Å². The van der Waals surface area contributed by atoms with E-state index in [1.165, 1.54) is 18.2 Å². The summed E-state index contributed by atoms with van der Waals surface area (Å²) in [5.74, 6) is -1.29. The normalized spacial score (nSPS) is 10.6. The molecule has 7 heteroatoms. The second-order valence-corrected chi connectivity index (χ2v) is 5.55. The molecule has 26 heavy (non-hydrogen) atoms. The number of hydrogen-bond donors (Lipinski definition) is 1. The van der Waals surface area contributed by atoms with Crippen molar-refractivity contribution in [3.8, 4) is 5.75 Å². The van der Waals surface area contributed by atoms with E-state index < -0.39 is 24.3 Å². The van der Waals surface area contributed by atoms with Crippen molar-refractivity contribution >= 4 is 35.2 Å². The second-order valence-electron chi connectivity index (χ2n) is 5.12. The zero-order chi connectivity index (χ0) is 18.9. The van der Waals surface area contributed by atoms with Gasteiger partial charge in [-0.3, -0.25) is 4.79 Å². The third-order valence-electron chi connectivity index (χ3n) is 3.15. The van der Waals surface area contributed by atoms with Gasteiger partial charge in [-0.1, -0.05) is 23.7 Å². The van der Waals surface area contributed by atoms with Crippen LogP contribution in [0.1, 0.15) is 12.5 Å². The molecule has 2 aromatic carbocycles. The van der Waals surface area contributed by atoms with Gasteiger partial charge in [-0.05, 0) is 48.9 Å². The Morgan fingerprint density at radius 1 is 1.19 bits per heavy atom. The number of rotatable bonds is 7. The van der Waals surface area contributed by atoms with Crippen LogP contribution in [0.2, 0.25) is 5.02 Å². The molecule has 0 spiro atoms. The van der Waals surface area contributed by atoms with Gasteiger partial charge in [0.05, 0.1) is 12.3 Å². The molecule has 0 heterocycles. The summed E-state index contributed by atoms with van der Waals surface area (Å²) in [6, 6.07) is 11.0. The van der Waals surface area contributed by atoms with E-state index >= 15 is 0 Å². The minimum absolute atomic E-state index is 0.0413. The molecular formula is C19H17ClFNO4. The smallest absolute Gasteiger partial charge is 0.331 e. The Morgan fingerprint density at radius 2 is 1.92 bits per heavy atom. The fourth-order valence-electron chi connectivity index (χ4n) is 1.97. The average molecular weight is 378 g/mol. The molecule has 0 fully saturated rings. The molecule has 5 nitrogen and oxygen atoms in total. The van der Waals surface area contributed by atoms with Gasteiger partial charge in [0.15, 0.2) is 6.61 Å². The zero-order valence-corrected chi connectivity index (χ0v) is 14.8. The first-order chi connectivity index (χ1) is 12.5. The van der Waals surface area contributed by atoms with Gasteiger partial charge in [-0.15, -0.1) is 0 Å². The summed E-state index contributed by atoms with van der Waals surface area (Å²) >= 11 is 5.63. The van der Waals surface area contributed by atoms with Crippen LogP contribution in [0.25, 0.3) is 6.08 Å². The number of amides is 1. The average Bonchev–Trinajstić information content (AvgIpc) is 2.62. The third kappa shape index (κ3) is 6.22. The quantitative estimate of drug-likeness (QED) is 0.583. The van der Waals surface area contributed by atoms with Gasteiger partial charge in [0.1, 0.15) is 11.6 Å². The number of carbonyl (C=O) groups is 2. The van der Waals surface area contributed by atoms with Gasteiger partial charge in [0.25, 0.3) is 5.91 Å². The molecule has 0 radical (unpaired) electrons. The summed E-state index contributed by atoms with van der Waals surface area (Å²) in [6.45, 7) is 1.93. The first-order valence-electron chi connectivity index (χ1n) is 7.80. The van der Waals surface area contributed by atoms with Crippen molar-refractivity contribution in [3.05, 3.63) is 64.9 Å². The fraction of sp³-hybridized carbons (Fsp3) is 0.158. The van der Waals surface area contributed by atoms with Crippen LogP contribution in [-0.2, 0) is 14.3 Å². The Morgan fingerprint density at radius 3 is 2.58 bits per heavy atom. The predicted octanol–water partition coefficient (Wildman–Crippen LogP) is 4.07. The lowest BCUT2D eigenvalue weighted by atomic mass is 10.2. The molecule has 0 aromatic heterocycles. The lowest BCUT2D eigenvalue weighted by Crippen LogP contribution is -2.20. The highest BCUT2D eigenvalue weighted by atomic mass is 35.5. The largest absolute Gasteiger partial charge is 0.494 e. The number of nitrogens with one attached hydrogen (secondary N) is 1. The summed E-state index contributed by atoms with van der Waals surface area (Å²) in [5, 5.41) is 2.51. The number of hydrogen-bond acceptors (Lipinski definition) is 4. The number of carbonyl (C=O) groups excluding carboxylic acids is 2. The van der Waals surface area contributed by atoms with E-state index in [-0.39, 0.29) is 10.7 Å². The van der Waals surface area contributed by atoms with Crippen molar-refractivity contribution in [3.63, 3.8) is 0 Å². The standard InChI is InChI=1S/C19H17ClFNO4/c1-2-25-15-7-3-13(4-8-15)5-10-19(24)26-12-18(23)22-17-9-6-14(20)11-16(17)21/h3-11H,2,12H2,1H3,(H,22,23)/b10-5+. The lowest BCUT2D eigenvalue weighted by molar-refractivity contribution is -0.142. The van der Waals surface area contributed by atoms with Crippen molar-refractivity contribution in [2.24, 2.45) is 0 Å². The van der Waals surface area contributed by atoms with Crippen LogP contribution in [0.15, 0.2) is 48.5 Å². The van der Waals surface area contributed by atoms with E-state index in [2.05, 4.69) is 5.32 Å². The van der Waals surface area contributed by atoms with Gasteiger partial charge in [-0.2, -0.15) is 0 Å². The maximum Gasteiger partial charge on any atom is 0.331 e. The first-order valence-corrected chi connectivity index (χ1v) is 8.18. The van der Waals surface area contributed by atoms with Gasteiger partial charge in [0.2, 0.25) is 0 Å². The van der Waals surface area contributed by atoms with Gasteiger partial charge in [-0.25, -0.2) is 9.18 Å². The van der Waals surface area contributed by atoms with E-state index in [9.17, 15) is 14.0 Å². The van der Waals surface area contributed by atoms with Crippen molar-refractivity contribution < 1.29 is 23.5 Å². The van der Waals surface area contributed by atoms with Crippen molar-refractivity contribution in [1.82, 2.24) is 0 Å². The summed E-state index contributed by atoms with van der Waals surface area (Å²) in [4.78, 5) is 23.4. The van der Waals surface area contributed by atoms with E-state index in [0.717, 1.165) is 17.4 Å². The topological polar surface area (TPSA) is 64.6 Å². The van der Waals surface area contributed by atoms with Crippen molar-refractivity contribution in [2.45, 2.75) is 6.92 Å². The second kappa shape index (κ2) is 9.58. The number of esters is 1. The number of ether oxygens (including phenoxy) is 2. The molecule has 0 atom stereocenters. The molecule has 0 saturated carbocycles. The Labute approximate surface area is 155 Å². The zero-order valence-electron chi connectivity index (χ0n) is 14.0. The highest BCUT2D eigenvalue weighted by Gasteiger charge is 2.09. The van der Waals surface area contributed by atoms with Crippen LogP contribution < -0.4 is 10.1 Å². The van der Waals surface area contributed by atoms with Gasteiger partial charge >= 0.3 is 5.97 Å². The Kier molecular flexibility index (Phi) is 7.17. The molecule has 1 N–H and O–H groups in total. The third-order valence-corrected chi connectivity index (χ3v) is 3.39. The molecule has 0 unspecified atom stereocenters. The molecule has 2 aromatic rings. The molecule has 0 aliphatic heterocycles. The van der Waals surface area contributed by atoms with Crippen molar-refractivity contribution in [2.75, 3.05) is 18.5 Å². The highest BCUT2D eigenvalue weighted by Crippen LogP contribution is 2.18. The maximum absolute atomic E-state index is 13.6. The molecule has 2 rings (SSSR count). The summed E-state index contributed by atoms with van der Waals surface area (Å²) in [5.41, 5.74) is 0.735. The van der Waals surface area contributed by atoms with Crippen LogP contribution >= 0.6 is 11.6 Å².